The summed E-state index contributed by atoms with van der Waals surface area (Å²) in [7, 11) is 0. The van der Waals surface area contributed by atoms with Crippen molar-refractivity contribution in [2.75, 3.05) is 6.54 Å². The number of nitrogens with zero attached hydrogens (tertiary/aromatic N) is 2. The van der Waals surface area contributed by atoms with Gasteiger partial charge in [0, 0.05) is 24.3 Å². The molecule has 0 amide bonds. The van der Waals surface area contributed by atoms with E-state index in [0.29, 0.717) is 6.04 Å². The van der Waals surface area contributed by atoms with E-state index in [1.165, 1.54) is 5.56 Å². The summed E-state index contributed by atoms with van der Waals surface area (Å²) in [6.07, 6.45) is 4.07. The normalized spacial score (nSPS) is 13.7. The number of rotatable bonds is 6. The second-order valence-electron chi connectivity index (χ2n) is 5.27. The van der Waals surface area contributed by atoms with Crippen molar-refractivity contribution in [2.45, 2.75) is 47.2 Å². The van der Waals surface area contributed by atoms with Gasteiger partial charge in [0.05, 0.1) is 6.20 Å². The maximum Gasteiger partial charge on any atom is 0.0534 e. The lowest BCUT2D eigenvalue weighted by molar-refractivity contribution is 0.392. The van der Waals surface area contributed by atoms with E-state index in [-0.39, 0.29) is 0 Å². The lowest BCUT2D eigenvalue weighted by Crippen LogP contribution is -2.23. The Morgan fingerprint density at radius 1 is 1.25 bits per heavy atom. The van der Waals surface area contributed by atoms with Gasteiger partial charge < -0.3 is 5.32 Å². The molecule has 92 valence electrons. The molecule has 0 bridgehead atoms. The molecule has 1 aromatic rings. The van der Waals surface area contributed by atoms with Crippen molar-refractivity contribution < 1.29 is 0 Å². The fourth-order valence-corrected chi connectivity index (χ4v) is 1.43. The Labute approximate surface area is 99.2 Å². The van der Waals surface area contributed by atoms with Crippen molar-refractivity contribution in [3.63, 3.8) is 0 Å². The molecule has 16 heavy (non-hydrogen) atoms. The van der Waals surface area contributed by atoms with E-state index in [9.17, 15) is 0 Å². The van der Waals surface area contributed by atoms with E-state index < -0.39 is 0 Å². The van der Waals surface area contributed by atoms with Crippen LogP contribution >= 0.6 is 0 Å². The fourth-order valence-electron chi connectivity index (χ4n) is 1.43. The molecule has 0 saturated carbocycles. The average Bonchev–Trinajstić information content (AvgIpc) is 2.66. The van der Waals surface area contributed by atoms with Gasteiger partial charge in [0.1, 0.15) is 0 Å². The van der Waals surface area contributed by atoms with Gasteiger partial charge in [-0.15, -0.1) is 0 Å². The molecule has 3 heteroatoms. The van der Waals surface area contributed by atoms with Gasteiger partial charge in [-0.3, -0.25) is 4.68 Å². The van der Waals surface area contributed by atoms with Crippen LogP contribution in [0.3, 0.4) is 0 Å². The van der Waals surface area contributed by atoms with Crippen molar-refractivity contribution in [1.82, 2.24) is 15.1 Å². The van der Waals surface area contributed by atoms with Crippen molar-refractivity contribution >= 4 is 0 Å². The summed E-state index contributed by atoms with van der Waals surface area (Å²) in [5, 5.41) is 7.81. The van der Waals surface area contributed by atoms with Gasteiger partial charge in [-0.05, 0) is 32.2 Å². The third-order valence-corrected chi connectivity index (χ3v) is 3.12. The number of hydrogen-bond donors (Lipinski definition) is 1. The number of aromatic nitrogens is 2. The Morgan fingerprint density at radius 2 is 1.94 bits per heavy atom. The molecule has 1 atom stereocenters. The monoisotopic (exact) mass is 223 g/mol. The molecule has 1 unspecified atom stereocenters. The Bertz CT molecular complexity index is 302. The summed E-state index contributed by atoms with van der Waals surface area (Å²) in [5.74, 6) is 1.46. The molecule has 0 aliphatic rings. The maximum absolute atomic E-state index is 4.33. The molecule has 1 aromatic heterocycles. The van der Waals surface area contributed by atoms with Crippen LogP contribution in [0.15, 0.2) is 12.4 Å². The zero-order valence-electron chi connectivity index (χ0n) is 11.2. The summed E-state index contributed by atoms with van der Waals surface area (Å²) in [6, 6.07) is 0.448. The van der Waals surface area contributed by atoms with Crippen LogP contribution in [-0.4, -0.2) is 16.3 Å². The van der Waals surface area contributed by atoms with Crippen LogP contribution in [0.5, 0.6) is 0 Å². The molecule has 0 spiro atoms. The highest BCUT2D eigenvalue weighted by molar-refractivity contribution is 5.03. The van der Waals surface area contributed by atoms with Crippen LogP contribution in [0.2, 0.25) is 0 Å². The maximum atomic E-state index is 4.33. The van der Waals surface area contributed by atoms with E-state index in [1.54, 1.807) is 0 Å². The number of hydrogen-bond acceptors (Lipinski definition) is 2. The Morgan fingerprint density at radius 3 is 2.44 bits per heavy atom. The largest absolute Gasteiger partial charge is 0.312 e. The van der Waals surface area contributed by atoms with Crippen LogP contribution in [0, 0.1) is 11.8 Å². The summed E-state index contributed by atoms with van der Waals surface area (Å²) < 4.78 is 2.00. The Balaban J connectivity index is 2.32. The minimum Gasteiger partial charge on any atom is -0.312 e. The van der Waals surface area contributed by atoms with E-state index in [4.69, 9.17) is 0 Å². The van der Waals surface area contributed by atoms with Gasteiger partial charge in [-0.1, -0.05) is 20.8 Å². The summed E-state index contributed by atoms with van der Waals surface area (Å²) in [6.45, 7) is 13.1. The molecule has 1 N–H and O–H groups in total. The lowest BCUT2D eigenvalue weighted by atomic mass is 9.98. The van der Waals surface area contributed by atoms with Gasteiger partial charge >= 0.3 is 0 Å². The summed E-state index contributed by atoms with van der Waals surface area (Å²) in [5.41, 5.74) is 1.27. The zero-order chi connectivity index (χ0) is 12.1. The molecule has 1 heterocycles. The minimum absolute atomic E-state index is 0.448. The molecule has 0 aromatic carbocycles. The molecule has 0 fully saturated rings. The second-order valence-corrected chi connectivity index (χ2v) is 5.27. The smallest absolute Gasteiger partial charge is 0.0534 e. The van der Waals surface area contributed by atoms with Gasteiger partial charge in [0.15, 0.2) is 0 Å². The first-order valence-electron chi connectivity index (χ1n) is 6.24. The highest BCUT2D eigenvalue weighted by Gasteiger charge is 2.06. The standard InChI is InChI=1S/C13H25N3/c1-10(2)12(5)6-14-7-13-8-15-16(9-13)11(3)4/h8-12,14H,6-7H2,1-5H3. The fraction of sp³-hybridized carbons (Fsp3) is 0.769. The first kappa shape index (κ1) is 13.2. The van der Waals surface area contributed by atoms with E-state index >= 15 is 0 Å². The van der Waals surface area contributed by atoms with Gasteiger partial charge in [0.2, 0.25) is 0 Å². The van der Waals surface area contributed by atoms with Gasteiger partial charge in [0.25, 0.3) is 0 Å². The third kappa shape index (κ3) is 3.97. The second kappa shape index (κ2) is 6.04. The first-order chi connectivity index (χ1) is 7.50. The highest BCUT2D eigenvalue weighted by atomic mass is 15.3. The molecular formula is C13H25N3. The molecule has 0 saturated heterocycles. The Kier molecular flexibility index (Phi) is 5.00. The average molecular weight is 223 g/mol. The van der Waals surface area contributed by atoms with Crippen LogP contribution in [0.25, 0.3) is 0 Å². The molecule has 0 radical (unpaired) electrons. The predicted molar refractivity (Wildman–Crippen MR) is 68.3 cm³/mol. The van der Waals surface area contributed by atoms with E-state index in [1.807, 2.05) is 10.9 Å². The van der Waals surface area contributed by atoms with Crippen molar-refractivity contribution in [3.8, 4) is 0 Å². The lowest BCUT2D eigenvalue weighted by Gasteiger charge is -2.15. The van der Waals surface area contributed by atoms with E-state index in [0.717, 1.165) is 24.9 Å². The highest BCUT2D eigenvalue weighted by Crippen LogP contribution is 2.09. The molecule has 3 nitrogen and oxygen atoms in total. The molecule has 1 rings (SSSR count). The molecule has 0 aliphatic carbocycles. The quantitative estimate of drug-likeness (QED) is 0.803. The Hall–Kier alpha value is -0.830. The summed E-state index contributed by atoms with van der Waals surface area (Å²) in [4.78, 5) is 0. The minimum atomic E-state index is 0.448. The van der Waals surface area contributed by atoms with E-state index in [2.05, 4.69) is 51.2 Å². The molecular weight excluding hydrogens is 198 g/mol. The van der Waals surface area contributed by atoms with Crippen LogP contribution in [-0.2, 0) is 6.54 Å². The number of nitrogens with one attached hydrogen (secondary N) is 1. The third-order valence-electron chi connectivity index (χ3n) is 3.12. The summed E-state index contributed by atoms with van der Waals surface area (Å²) >= 11 is 0. The van der Waals surface area contributed by atoms with Crippen LogP contribution in [0.4, 0.5) is 0 Å². The predicted octanol–water partition coefficient (Wildman–Crippen LogP) is 2.85. The van der Waals surface area contributed by atoms with Crippen LogP contribution < -0.4 is 5.32 Å². The zero-order valence-corrected chi connectivity index (χ0v) is 11.2. The van der Waals surface area contributed by atoms with Crippen molar-refractivity contribution in [2.24, 2.45) is 11.8 Å². The van der Waals surface area contributed by atoms with Gasteiger partial charge in [-0.25, -0.2) is 0 Å². The first-order valence-corrected chi connectivity index (χ1v) is 6.24. The molecule has 0 aliphatic heterocycles. The topological polar surface area (TPSA) is 29.9 Å². The van der Waals surface area contributed by atoms with Crippen LogP contribution in [0.1, 0.15) is 46.2 Å². The SMILES string of the molecule is CC(C)C(C)CNCc1cnn(C(C)C)c1. The van der Waals surface area contributed by atoms with Gasteiger partial charge in [-0.2, -0.15) is 5.10 Å². The van der Waals surface area contributed by atoms with Crippen molar-refractivity contribution in [3.05, 3.63) is 18.0 Å². The van der Waals surface area contributed by atoms with Crippen molar-refractivity contribution in [1.29, 1.82) is 0 Å².